The second-order valence-corrected chi connectivity index (χ2v) is 4.28. The van der Waals surface area contributed by atoms with Gasteiger partial charge in [-0.25, -0.2) is 0 Å². The van der Waals surface area contributed by atoms with Crippen molar-refractivity contribution in [1.29, 1.82) is 0 Å². The Kier molecular flexibility index (Phi) is 2.73. The van der Waals surface area contributed by atoms with Crippen molar-refractivity contribution in [2.24, 2.45) is 0 Å². The van der Waals surface area contributed by atoms with Crippen molar-refractivity contribution in [2.75, 3.05) is 5.32 Å². The van der Waals surface area contributed by atoms with Gasteiger partial charge in [0.05, 0.1) is 6.42 Å². The molecule has 1 aliphatic rings. The zero-order chi connectivity index (χ0) is 12.4. The molecule has 0 aromatic heterocycles. The van der Waals surface area contributed by atoms with Crippen LogP contribution in [-0.4, -0.2) is 5.91 Å². The molecule has 0 saturated heterocycles. The van der Waals surface area contributed by atoms with Crippen LogP contribution in [-0.2, 0) is 17.8 Å². The normalized spacial score (nSPS) is 13.0. The lowest BCUT2D eigenvalue weighted by molar-refractivity contribution is -0.115. The number of amides is 1. The van der Waals surface area contributed by atoms with Crippen LogP contribution in [0.3, 0.4) is 0 Å². The highest BCUT2D eigenvalue weighted by Crippen LogP contribution is 2.31. The van der Waals surface area contributed by atoms with E-state index in [-0.39, 0.29) is 5.91 Å². The number of fused-ring (bicyclic) bond motifs is 1. The summed E-state index contributed by atoms with van der Waals surface area (Å²) in [5, 5.41) is 2.82. The predicted octanol–water partition coefficient (Wildman–Crippen LogP) is 2.76. The molecule has 0 unspecified atom stereocenters. The molecule has 0 fully saturated rings. The van der Waals surface area contributed by atoms with E-state index >= 15 is 0 Å². The van der Waals surface area contributed by atoms with E-state index in [1.165, 1.54) is 0 Å². The van der Waals surface area contributed by atoms with E-state index < -0.39 is 0 Å². The van der Waals surface area contributed by atoms with Gasteiger partial charge in [-0.3, -0.25) is 4.79 Å². The quantitative estimate of drug-likeness (QED) is 0.894. The predicted molar refractivity (Wildman–Crippen MR) is 69.5 cm³/mol. The zero-order valence-corrected chi connectivity index (χ0v) is 9.85. The van der Waals surface area contributed by atoms with Crippen LogP contribution in [0.4, 0.5) is 5.69 Å². The maximum Gasteiger partial charge on any atom is 0.229 e. The highest BCUT2D eigenvalue weighted by atomic mass is 16.5. The summed E-state index contributed by atoms with van der Waals surface area (Å²) >= 11 is 0. The van der Waals surface area contributed by atoms with Gasteiger partial charge in [-0.05, 0) is 17.7 Å². The fourth-order valence-corrected chi connectivity index (χ4v) is 2.09. The standard InChI is InChI=1S/C15H13NO2/c17-15-9-12-13(16-15)7-4-8-14(12)18-10-11-5-2-1-3-6-11/h1-8H,9-10H2,(H,16,17). The molecule has 18 heavy (non-hydrogen) atoms. The number of carbonyl (C=O) groups is 1. The second-order valence-electron chi connectivity index (χ2n) is 4.28. The maximum atomic E-state index is 11.4. The Labute approximate surface area is 105 Å². The first-order valence-electron chi connectivity index (χ1n) is 5.91. The molecule has 3 rings (SSSR count). The molecule has 90 valence electrons. The van der Waals surface area contributed by atoms with Crippen LogP contribution in [0.1, 0.15) is 11.1 Å². The van der Waals surface area contributed by atoms with E-state index in [1.807, 2.05) is 48.5 Å². The Hall–Kier alpha value is -2.29. The fraction of sp³-hybridized carbons (Fsp3) is 0.133. The highest BCUT2D eigenvalue weighted by Gasteiger charge is 2.21. The van der Waals surface area contributed by atoms with Crippen LogP contribution in [0.5, 0.6) is 5.75 Å². The van der Waals surface area contributed by atoms with Crippen molar-refractivity contribution in [3.63, 3.8) is 0 Å². The molecule has 0 bridgehead atoms. The Morgan fingerprint density at radius 2 is 1.89 bits per heavy atom. The lowest BCUT2D eigenvalue weighted by atomic mass is 10.1. The summed E-state index contributed by atoms with van der Waals surface area (Å²) in [5.74, 6) is 0.815. The van der Waals surface area contributed by atoms with Gasteiger partial charge in [0.25, 0.3) is 0 Å². The second kappa shape index (κ2) is 4.53. The molecule has 0 aliphatic carbocycles. The van der Waals surface area contributed by atoms with Crippen molar-refractivity contribution >= 4 is 11.6 Å². The lowest BCUT2D eigenvalue weighted by Crippen LogP contribution is -2.03. The monoisotopic (exact) mass is 239 g/mol. The zero-order valence-electron chi connectivity index (χ0n) is 9.85. The van der Waals surface area contributed by atoms with Gasteiger partial charge >= 0.3 is 0 Å². The first-order valence-corrected chi connectivity index (χ1v) is 5.91. The molecule has 3 nitrogen and oxygen atoms in total. The van der Waals surface area contributed by atoms with Gasteiger partial charge in [-0.2, -0.15) is 0 Å². The number of hydrogen-bond acceptors (Lipinski definition) is 2. The molecule has 0 spiro atoms. The number of carbonyl (C=O) groups excluding carboxylic acids is 1. The van der Waals surface area contributed by atoms with Crippen molar-refractivity contribution in [3.8, 4) is 5.75 Å². The summed E-state index contributed by atoms with van der Waals surface area (Å²) in [6.45, 7) is 0.519. The largest absolute Gasteiger partial charge is 0.489 e. The Bertz CT molecular complexity index is 578. The SMILES string of the molecule is O=C1Cc2c(cccc2OCc2ccccc2)N1. The van der Waals surface area contributed by atoms with Gasteiger partial charge in [-0.15, -0.1) is 0 Å². The average Bonchev–Trinajstić information content (AvgIpc) is 2.78. The van der Waals surface area contributed by atoms with Gasteiger partial charge in [0.15, 0.2) is 0 Å². The molecule has 2 aromatic rings. The molecule has 1 heterocycles. The third kappa shape index (κ3) is 2.07. The summed E-state index contributed by atoms with van der Waals surface area (Å²) in [6.07, 6.45) is 0.403. The van der Waals surface area contributed by atoms with Gasteiger partial charge in [-0.1, -0.05) is 36.4 Å². The van der Waals surface area contributed by atoms with E-state index in [1.54, 1.807) is 0 Å². The number of hydrogen-bond donors (Lipinski definition) is 1. The molecule has 1 aliphatic heterocycles. The Morgan fingerprint density at radius 1 is 1.06 bits per heavy atom. The van der Waals surface area contributed by atoms with Crippen molar-refractivity contribution in [2.45, 2.75) is 13.0 Å². The van der Waals surface area contributed by atoms with Crippen LogP contribution in [0.2, 0.25) is 0 Å². The van der Waals surface area contributed by atoms with E-state index in [0.717, 1.165) is 22.6 Å². The summed E-state index contributed by atoms with van der Waals surface area (Å²) in [6, 6.07) is 15.7. The van der Waals surface area contributed by atoms with E-state index in [9.17, 15) is 4.79 Å². The number of anilines is 1. The molecular weight excluding hydrogens is 226 g/mol. The van der Waals surface area contributed by atoms with Crippen molar-refractivity contribution in [3.05, 3.63) is 59.7 Å². The first kappa shape index (κ1) is 10.8. The van der Waals surface area contributed by atoms with Gasteiger partial charge in [0, 0.05) is 11.3 Å². The molecule has 1 amide bonds. The summed E-state index contributed by atoms with van der Waals surface area (Å²) in [7, 11) is 0. The minimum atomic E-state index is 0.0285. The minimum absolute atomic E-state index is 0.0285. The topological polar surface area (TPSA) is 38.3 Å². The molecule has 3 heteroatoms. The average molecular weight is 239 g/mol. The minimum Gasteiger partial charge on any atom is -0.489 e. The van der Waals surface area contributed by atoms with Crippen LogP contribution in [0, 0.1) is 0 Å². The molecule has 0 atom stereocenters. The van der Waals surface area contributed by atoms with Crippen LogP contribution in [0.25, 0.3) is 0 Å². The van der Waals surface area contributed by atoms with Crippen LogP contribution < -0.4 is 10.1 Å². The summed E-state index contributed by atoms with van der Waals surface area (Å²) in [5.41, 5.74) is 2.94. The summed E-state index contributed by atoms with van der Waals surface area (Å²) < 4.78 is 5.79. The van der Waals surface area contributed by atoms with Gasteiger partial charge < -0.3 is 10.1 Å². The highest BCUT2D eigenvalue weighted by molar-refractivity contribution is 6.00. The molecule has 2 aromatic carbocycles. The van der Waals surface area contributed by atoms with E-state index in [2.05, 4.69) is 5.32 Å². The van der Waals surface area contributed by atoms with Gasteiger partial charge in [0.1, 0.15) is 12.4 Å². The number of benzene rings is 2. The van der Waals surface area contributed by atoms with Crippen molar-refractivity contribution < 1.29 is 9.53 Å². The van der Waals surface area contributed by atoms with Crippen LogP contribution >= 0.6 is 0 Å². The summed E-state index contributed by atoms with van der Waals surface area (Å²) in [4.78, 5) is 11.4. The van der Waals surface area contributed by atoms with E-state index in [0.29, 0.717) is 13.0 Å². The van der Waals surface area contributed by atoms with Gasteiger partial charge in [0.2, 0.25) is 5.91 Å². The fourth-order valence-electron chi connectivity index (χ4n) is 2.09. The molecule has 0 radical (unpaired) electrons. The Balaban J connectivity index is 1.78. The Morgan fingerprint density at radius 3 is 2.72 bits per heavy atom. The number of ether oxygens (including phenoxy) is 1. The third-order valence-electron chi connectivity index (χ3n) is 2.98. The molecular formula is C15H13NO2. The number of rotatable bonds is 3. The van der Waals surface area contributed by atoms with E-state index in [4.69, 9.17) is 4.74 Å². The third-order valence-corrected chi connectivity index (χ3v) is 2.98. The molecule has 0 saturated carbocycles. The number of nitrogens with one attached hydrogen (secondary N) is 1. The maximum absolute atomic E-state index is 11.4. The lowest BCUT2D eigenvalue weighted by Gasteiger charge is -2.09. The molecule has 1 N–H and O–H groups in total. The first-order chi connectivity index (χ1) is 8.83. The van der Waals surface area contributed by atoms with Crippen LogP contribution in [0.15, 0.2) is 48.5 Å². The van der Waals surface area contributed by atoms with Crippen molar-refractivity contribution in [1.82, 2.24) is 0 Å². The smallest absolute Gasteiger partial charge is 0.229 e.